The second-order valence-electron chi connectivity index (χ2n) is 6.73. The van der Waals surface area contributed by atoms with Crippen molar-refractivity contribution in [1.82, 2.24) is 29.9 Å². The largest absolute Gasteiger partial charge is 0.463 e. The lowest BCUT2D eigenvalue weighted by Gasteiger charge is -2.13. The van der Waals surface area contributed by atoms with E-state index in [0.717, 1.165) is 23.3 Å². The molecule has 1 unspecified atom stereocenters. The van der Waals surface area contributed by atoms with Gasteiger partial charge in [-0.15, -0.1) is 0 Å². The minimum Gasteiger partial charge on any atom is -0.463 e. The Kier molecular flexibility index (Phi) is 4.46. The highest BCUT2D eigenvalue weighted by atomic mass is 16.3. The molecule has 1 atom stereocenters. The molecule has 1 amide bonds. The van der Waals surface area contributed by atoms with Crippen LogP contribution in [-0.2, 0) is 13.6 Å². The van der Waals surface area contributed by atoms with E-state index in [0.29, 0.717) is 22.7 Å². The third kappa shape index (κ3) is 3.06. The molecule has 0 spiro atoms. The minimum absolute atomic E-state index is 0.199. The minimum atomic E-state index is -0.229. The molecule has 144 valence electrons. The van der Waals surface area contributed by atoms with Gasteiger partial charge in [0.25, 0.3) is 5.91 Å². The van der Waals surface area contributed by atoms with Gasteiger partial charge in [-0.05, 0) is 45.0 Å². The Morgan fingerprint density at radius 2 is 2.14 bits per heavy atom. The van der Waals surface area contributed by atoms with Crippen molar-refractivity contribution in [2.75, 3.05) is 0 Å². The smallest absolute Gasteiger partial charge is 0.252 e. The van der Waals surface area contributed by atoms with E-state index in [1.165, 1.54) is 0 Å². The molecule has 0 bridgehead atoms. The first-order valence-corrected chi connectivity index (χ1v) is 9.20. The van der Waals surface area contributed by atoms with Gasteiger partial charge < -0.3 is 9.73 Å². The predicted octanol–water partition coefficient (Wildman–Crippen LogP) is 3.24. The fourth-order valence-corrected chi connectivity index (χ4v) is 3.31. The molecule has 8 nitrogen and oxygen atoms in total. The van der Waals surface area contributed by atoms with Crippen molar-refractivity contribution in [3.05, 3.63) is 53.7 Å². The molecule has 0 aromatic carbocycles. The summed E-state index contributed by atoms with van der Waals surface area (Å²) in [5.74, 6) is 0.402. The first-order chi connectivity index (χ1) is 13.5. The van der Waals surface area contributed by atoms with E-state index in [1.54, 1.807) is 23.1 Å². The molecular weight excluding hydrogens is 356 g/mol. The zero-order chi connectivity index (χ0) is 19.8. The summed E-state index contributed by atoms with van der Waals surface area (Å²) in [5.41, 5.74) is 3.32. The predicted molar refractivity (Wildman–Crippen MR) is 105 cm³/mol. The molecule has 1 N–H and O–H groups in total. The number of aryl methyl sites for hydroxylation is 3. The first-order valence-electron chi connectivity index (χ1n) is 9.20. The average Bonchev–Trinajstić information content (AvgIpc) is 3.42. The Balaban J connectivity index is 1.74. The molecule has 4 aromatic heterocycles. The maximum atomic E-state index is 13.2. The van der Waals surface area contributed by atoms with E-state index in [9.17, 15) is 4.79 Å². The normalized spacial score (nSPS) is 12.4. The van der Waals surface area contributed by atoms with Crippen LogP contribution in [0.25, 0.3) is 22.5 Å². The maximum absolute atomic E-state index is 13.2. The second-order valence-corrected chi connectivity index (χ2v) is 6.73. The summed E-state index contributed by atoms with van der Waals surface area (Å²) in [7, 11) is 1.82. The van der Waals surface area contributed by atoms with Gasteiger partial charge in [0.2, 0.25) is 0 Å². The fourth-order valence-electron chi connectivity index (χ4n) is 3.31. The summed E-state index contributed by atoms with van der Waals surface area (Å²) in [5, 5.41) is 12.7. The summed E-state index contributed by atoms with van der Waals surface area (Å²) in [6.07, 6.45) is 3.49. The zero-order valence-electron chi connectivity index (χ0n) is 16.3. The summed E-state index contributed by atoms with van der Waals surface area (Å²) in [4.78, 5) is 17.8. The SMILES string of the molecule is CCn1ccc(C(C)NC(=O)c2cc(-c3ccco3)nc3c2c(C)nn3C)n1. The number of hydrogen-bond donors (Lipinski definition) is 1. The number of carbonyl (C=O) groups excluding carboxylic acids is 1. The first kappa shape index (κ1) is 18.0. The van der Waals surface area contributed by atoms with E-state index in [4.69, 9.17) is 4.42 Å². The molecule has 8 heteroatoms. The topological polar surface area (TPSA) is 90.8 Å². The third-order valence-corrected chi connectivity index (χ3v) is 4.76. The standard InChI is InChI=1S/C20H22N6O2/c1-5-26-9-8-15(24-26)12(2)21-20(27)14-11-16(17-7-6-10-28-17)22-19-18(14)13(3)23-25(19)4/h6-12H,5H2,1-4H3,(H,21,27). The Labute approximate surface area is 162 Å². The molecule has 0 aliphatic heterocycles. The quantitative estimate of drug-likeness (QED) is 0.576. The molecule has 4 aromatic rings. The van der Waals surface area contributed by atoms with Gasteiger partial charge >= 0.3 is 0 Å². The Morgan fingerprint density at radius 3 is 2.82 bits per heavy atom. The molecule has 0 saturated carbocycles. The number of hydrogen-bond acceptors (Lipinski definition) is 5. The summed E-state index contributed by atoms with van der Waals surface area (Å²) < 4.78 is 9.00. The molecule has 0 radical (unpaired) electrons. The average molecular weight is 378 g/mol. The van der Waals surface area contributed by atoms with Crippen molar-refractivity contribution >= 4 is 16.9 Å². The van der Waals surface area contributed by atoms with Crippen molar-refractivity contribution in [3.8, 4) is 11.5 Å². The van der Waals surface area contributed by atoms with Crippen LogP contribution in [0, 0.1) is 6.92 Å². The lowest BCUT2D eigenvalue weighted by Crippen LogP contribution is -2.27. The van der Waals surface area contributed by atoms with E-state index in [2.05, 4.69) is 20.5 Å². The van der Waals surface area contributed by atoms with Crippen LogP contribution in [0.4, 0.5) is 0 Å². The fraction of sp³-hybridized carbons (Fsp3) is 0.300. The highest BCUT2D eigenvalue weighted by Crippen LogP contribution is 2.27. The number of amides is 1. The van der Waals surface area contributed by atoms with Crippen LogP contribution in [0.3, 0.4) is 0 Å². The summed E-state index contributed by atoms with van der Waals surface area (Å²) in [6.45, 7) is 6.60. The lowest BCUT2D eigenvalue weighted by molar-refractivity contribution is 0.0940. The van der Waals surface area contributed by atoms with Crippen LogP contribution >= 0.6 is 0 Å². The highest BCUT2D eigenvalue weighted by Gasteiger charge is 2.22. The van der Waals surface area contributed by atoms with Crippen molar-refractivity contribution in [2.45, 2.75) is 33.4 Å². The van der Waals surface area contributed by atoms with E-state index in [-0.39, 0.29) is 11.9 Å². The van der Waals surface area contributed by atoms with Crippen molar-refractivity contribution in [2.24, 2.45) is 7.05 Å². The number of fused-ring (bicyclic) bond motifs is 1. The van der Waals surface area contributed by atoms with Crippen LogP contribution in [0.2, 0.25) is 0 Å². The molecule has 28 heavy (non-hydrogen) atoms. The van der Waals surface area contributed by atoms with Crippen molar-refractivity contribution < 1.29 is 9.21 Å². The van der Waals surface area contributed by atoms with E-state index in [1.807, 2.05) is 50.8 Å². The summed E-state index contributed by atoms with van der Waals surface area (Å²) >= 11 is 0. The van der Waals surface area contributed by atoms with Crippen molar-refractivity contribution in [3.63, 3.8) is 0 Å². The highest BCUT2D eigenvalue weighted by molar-refractivity contribution is 6.07. The van der Waals surface area contributed by atoms with Gasteiger partial charge in [0, 0.05) is 19.8 Å². The number of carbonyl (C=O) groups is 1. The third-order valence-electron chi connectivity index (χ3n) is 4.76. The van der Waals surface area contributed by atoms with Crippen LogP contribution in [0.15, 0.2) is 41.1 Å². The Hall–Kier alpha value is -3.42. The molecule has 0 aliphatic rings. The molecule has 4 heterocycles. The zero-order valence-corrected chi connectivity index (χ0v) is 16.3. The Bertz CT molecular complexity index is 1140. The molecular formula is C20H22N6O2. The molecule has 0 fully saturated rings. The Morgan fingerprint density at radius 1 is 1.32 bits per heavy atom. The second kappa shape index (κ2) is 6.95. The molecule has 4 rings (SSSR count). The van der Waals surface area contributed by atoms with E-state index < -0.39 is 0 Å². The van der Waals surface area contributed by atoms with Gasteiger partial charge in [-0.3, -0.25) is 14.2 Å². The van der Waals surface area contributed by atoms with Crippen LogP contribution in [0.5, 0.6) is 0 Å². The van der Waals surface area contributed by atoms with Gasteiger partial charge in [-0.25, -0.2) is 4.98 Å². The molecule has 0 saturated heterocycles. The number of nitrogens with zero attached hydrogens (tertiary/aromatic N) is 5. The number of nitrogens with one attached hydrogen (secondary N) is 1. The summed E-state index contributed by atoms with van der Waals surface area (Å²) in [6, 6.07) is 7.05. The van der Waals surface area contributed by atoms with Gasteiger partial charge in [0.15, 0.2) is 11.4 Å². The van der Waals surface area contributed by atoms with Crippen LogP contribution < -0.4 is 5.32 Å². The van der Waals surface area contributed by atoms with Gasteiger partial charge in [0.05, 0.1) is 34.6 Å². The maximum Gasteiger partial charge on any atom is 0.252 e. The monoisotopic (exact) mass is 378 g/mol. The number of furan rings is 1. The van der Waals surface area contributed by atoms with Crippen molar-refractivity contribution in [1.29, 1.82) is 0 Å². The van der Waals surface area contributed by atoms with E-state index >= 15 is 0 Å². The van der Waals surface area contributed by atoms with Gasteiger partial charge in [-0.2, -0.15) is 10.2 Å². The lowest BCUT2D eigenvalue weighted by atomic mass is 10.1. The number of pyridine rings is 1. The number of aromatic nitrogens is 5. The van der Waals surface area contributed by atoms with Gasteiger partial charge in [-0.1, -0.05) is 0 Å². The molecule has 0 aliphatic carbocycles. The van der Waals surface area contributed by atoms with Crippen LogP contribution in [0.1, 0.15) is 41.6 Å². The van der Waals surface area contributed by atoms with Gasteiger partial charge in [0.1, 0.15) is 5.69 Å². The van der Waals surface area contributed by atoms with Crippen LogP contribution in [-0.4, -0.2) is 30.5 Å². The number of rotatable bonds is 5.